The molecule has 0 aliphatic rings. The summed E-state index contributed by atoms with van der Waals surface area (Å²) in [5, 5.41) is 8.93. The molecule has 1 aromatic rings. The molecule has 24 heavy (non-hydrogen) atoms. The SMILES string of the molecule is CC(SC(=O)O[C@H](C)OC(=O)c1ccccc1)C(=O)NCC(=O)O. The second-order valence-electron chi connectivity index (χ2n) is 4.58. The summed E-state index contributed by atoms with van der Waals surface area (Å²) in [7, 11) is 0. The third kappa shape index (κ3) is 7.14. The summed E-state index contributed by atoms with van der Waals surface area (Å²) in [6.07, 6.45) is -1.13. The summed E-state index contributed by atoms with van der Waals surface area (Å²) in [4.78, 5) is 45.3. The van der Waals surface area contributed by atoms with Crippen molar-refractivity contribution in [3.63, 3.8) is 0 Å². The highest BCUT2D eigenvalue weighted by molar-refractivity contribution is 8.14. The third-order valence-corrected chi connectivity index (χ3v) is 3.46. The molecule has 0 saturated heterocycles. The number of amides is 1. The first-order valence-corrected chi connectivity index (χ1v) is 7.80. The lowest BCUT2D eigenvalue weighted by Gasteiger charge is -2.15. The van der Waals surface area contributed by atoms with Crippen LogP contribution in [0.5, 0.6) is 0 Å². The largest absolute Gasteiger partial charge is 0.480 e. The predicted molar refractivity (Wildman–Crippen MR) is 85.5 cm³/mol. The van der Waals surface area contributed by atoms with Gasteiger partial charge >= 0.3 is 17.2 Å². The number of carbonyl (C=O) groups excluding carboxylic acids is 3. The minimum Gasteiger partial charge on any atom is -0.480 e. The summed E-state index contributed by atoms with van der Waals surface area (Å²) < 4.78 is 9.83. The molecule has 0 saturated carbocycles. The molecular weight excluding hydrogens is 338 g/mol. The number of hydrogen-bond acceptors (Lipinski definition) is 7. The highest BCUT2D eigenvalue weighted by Crippen LogP contribution is 2.16. The van der Waals surface area contributed by atoms with E-state index in [2.05, 4.69) is 5.32 Å². The van der Waals surface area contributed by atoms with E-state index < -0.39 is 41.2 Å². The molecule has 1 amide bonds. The number of carbonyl (C=O) groups is 4. The number of hydrogen-bond donors (Lipinski definition) is 2. The summed E-state index contributed by atoms with van der Waals surface area (Å²) in [5.74, 6) is -2.45. The number of rotatable bonds is 7. The first kappa shape index (κ1) is 19.5. The highest BCUT2D eigenvalue weighted by atomic mass is 32.2. The standard InChI is InChI=1S/C15H17NO7S/c1-9(13(19)16-8-12(17)18)24-15(21)23-10(2)22-14(20)11-6-4-3-5-7-11/h3-7,9-10H,8H2,1-2H3,(H,16,19)(H,17,18)/t9?,10-/m1/s1. The number of ether oxygens (including phenoxy) is 2. The fourth-order valence-corrected chi connectivity index (χ4v) is 2.15. The van der Waals surface area contributed by atoms with E-state index in [-0.39, 0.29) is 0 Å². The van der Waals surface area contributed by atoms with Gasteiger partial charge in [-0.3, -0.25) is 9.59 Å². The molecule has 0 bridgehead atoms. The van der Waals surface area contributed by atoms with Gasteiger partial charge in [0.25, 0.3) is 0 Å². The fraction of sp³-hybridized carbons (Fsp3) is 0.333. The second kappa shape index (κ2) is 9.56. The van der Waals surface area contributed by atoms with Gasteiger partial charge in [-0.05, 0) is 30.8 Å². The zero-order valence-electron chi connectivity index (χ0n) is 13.1. The molecule has 130 valence electrons. The number of thioether (sulfide) groups is 1. The molecule has 2 atom stereocenters. The van der Waals surface area contributed by atoms with E-state index in [1.807, 2.05) is 0 Å². The van der Waals surface area contributed by atoms with E-state index in [9.17, 15) is 19.2 Å². The van der Waals surface area contributed by atoms with Crippen molar-refractivity contribution >= 4 is 34.9 Å². The first-order valence-electron chi connectivity index (χ1n) is 6.92. The summed E-state index contributed by atoms with van der Waals surface area (Å²) in [5.41, 5.74) is 0.314. The Bertz CT molecular complexity index is 605. The van der Waals surface area contributed by atoms with Crippen LogP contribution >= 0.6 is 11.8 Å². The van der Waals surface area contributed by atoms with Crippen molar-refractivity contribution in [2.24, 2.45) is 0 Å². The van der Waals surface area contributed by atoms with E-state index in [0.717, 1.165) is 0 Å². The number of carboxylic acids is 1. The Morgan fingerprint density at radius 3 is 2.33 bits per heavy atom. The monoisotopic (exact) mass is 355 g/mol. The minimum absolute atomic E-state index is 0.314. The molecule has 0 aromatic heterocycles. The van der Waals surface area contributed by atoms with Crippen molar-refractivity contribution in [1.29, 1.82) is 0 Å². The normalized spacial score (nSPS) is 12.6. The third-order valence-electron chi connectivity index (χ3n) is 2.60. The summed E-state index contributed by atoms with van der Waals surface area (Å²) in [6, 6.07) is 8.19. The molecule has 9 heteroatoms. The van der Waals surface area contributed by atoms with Crippen LogP contribution in [0.15, 0.2) is 30.3 Å². The van der Waals surface area contributed by atoms with Crippen molar-refractivity contribution in [2.75, 3.05) is 6.54 Å². The lowest BCUT2D eigenvalue weighted by molar-refractivity contribution is -0.137. The van der Waals surface area contributed by atoms with Crippen LogP contribution in [-0.4, -0.2) is 46.3 Å². The maximum absolute atomic E-state index is 11.8. The molecule has 0 spiro atoms. The van der Waals surface area contributed by atoms with E-state index in [1.54, 1.807) is 30.3 Å². The Balaban J connectivity index is 2.39. The average molecular weight is 355 g/mol. The molecular formula is C15H17NO7S. The zero-order valence-corrected chi connectivity index (χ0v) is 13.9. The van der Waals surface area contributed by atoms with Gasteiger partial charge in [0.1, 0.15) is 6.54 Å². The zero-order chi connectivity index (χ0) is 18.1. The topological polar surface area (TPSA) is 119 Å². The lowest BCUT2D eigenvalue weighted by Crippen LogP contribution is -2.35. The molecule has 0 aliphatic carbocycles. The number of nitrogens with one attached hydrogen (secondary N) is 1. The average Bonchev–Trinajstić information content (AvgIpc) is 2.52. The second-order valence-corrected chi connectivity index (χ2v) is 5.85. The summed E-state index contributed by atoms with van der Waals surface area (Å²) >= 11 is 0.553. The van der Waals surface area contributed by atoms with Gasteiger partial charge < -0.3 is 19.9 Å². The van der Waals surface area contributed by atoms with Crippen molar-refractivity contribution in [2.45, 2.75) is 25.4 Å². The minimum atomic E-state index is -1.19. The van der Waals surface area contributed by atoms with Crippen LogP contribution < -0.4 is 5.32 Å². The Kier molecular flexibility index (Phi) is 7.76. The molecule has 1 unspecified atom stereocenters. The fourth-order valence-electron chi connectivity index (χ4n) is 1.48. The number of carboxylic acid groups (broad SMARTS) is 1. The van der Waals surface area contributed by atoms with Crippen molar-refractivity contribution < 1.29 is 33.8 Å². The Hall–Kier alpha value is -2.55. The van der Waals surface area contributed by atoms with Crippen LogP contribution in [0.2, 0.25) is 0 Å². The van der Waals surface area contributed by atoms with Crippen molar-refractivity contribution in [3.05, 3.63) is 35.9 Å². The van der Waals surface area contributed by atoms with Crippen LogP contribution in [-0.2, 0) is 19.1 Å². The molecule has 1 rings (SSSR count). The quantitative estimate of drug-likeness (QED) is 0.560. The smallest absolute Gasteiger partial charge is 0.371 e. The maximum Gasteiger partial charge on any atom is 0.371 e. The number of benzene rings is 1. The molecule has 0 fully saturated rings. The van der Waals surface area contributed by atoms with Crippen molar-refractivity contribution in [1.82, 2.24) is 5.32 Å². The number of esters is 1. The van der Waals surface area contributed by atoms with Crippen LogP contribution in [0, 0.1) is 0 Å². The van der Waals surface area contributed by atoms with E-state index in [4.69, 9.17) is 14.6 Å². The van der Waals surface area contributed by atoms with Crippen LogP contribution in [0.3, 0.4) is 0 Å². The van der Waals surface area contributed by atoms with Gasteiger partial charge in [-0.15, -0.1) is 0 Å². The van der Waals surface area contributed by atoms with E-state index in [0.29, 0.717) is 17.3 Å². The molecule has 8 nitrogen and oxygen atoms in total. The molecule has 2 N–H and O–H groups in total. The predicted octanol–water partition coefficient (Wildman–Crippen LogP) is 1.65. The van der Waals surface area contributed by atoms with Crippen LogP contribution in [0.1, 0.15) is 24.2 Å². The summed E-state index contributed by atoms with van der Waals surface area (Å²) in [6.45, 7) is 2.25. The van der Waals surface area contributed by atoms with Crippen LogP contribution in [0.4, 0.5) is 4.79 Å². The van der Waals surface area contributed by atoms with E-state index >= 15 is 0 Å². The first-order chi connectivity index (χ1) is 11.3. The maximum atomic E-state index is 11.8. The van der Waals surface area contributed by atoms with Crippen LogP contribution in [0.25, 0.3) is 0 Å². The number of aliphatic carboxylic acids is 1. The molecule has 0 radical (unpaired) electrons. The molecule has 0 aliphatic heterocycles. The Labute approximate surface area is 142 Å². The van der Waals surface area contributed by atoms with Gasteiger partial charge in [0.15, 0.2) is 0 Å². The lowest BCUT2D eigenvalue weighted by atomic mass is 10.2. The highest BCUT2D eigenvalue weighted by Gasteiger charge is 2.22. The van der Waals surface area contributed by atoms with Gasteiger partial charge in [-0.25, -0.2) is 9.59 Å². The molecule has 0 heterocycles. The van der Waals surface area contributed by atoms with Gasteiger partial charge in [-0.1, -0.05) is 18.2 Å². The van der Waals surface area contributed by atoms with Gasteiger partial charge in [0, 0.05) is 6.92 Å². The Morgan fingerprint density at radius 1 is 1.12 bits per heavy atom. The van der Waals surface area contributed by atoms with E-state index in [1.165, 1.54) is 13.8 Å². The molecule has 1 aromatic carbocycles. The van der Waals surface area contributed by atoms with Gasteiger partial charge in [0.05, 0.1) is 10.8 Å². The van der Waals surface area contributed by atoms with Gasteiger partial charge in [0.2, 0.25) is 12.2 Å². The van der Waals surface area contributed by atoms with Crippen molar-refractivity contribution in [3.8, 4) is 0 Å². The Morgan fingerprint density at radius 2 is 1.75 bits per heavy atom. The van der Waals surface area contributed by atoms with Gasteiger partial charge in [-0.2, -0.15) is 0 Å².